The lowest BCUT2D eigenvalue weighted by Crippen LogP contribution is -2.47. The van der Waals surface area contributed by atoms with E-state index in [9.17, 15) is 27.2 Å². The van der Waals surface area contributed by atoms with Gasteiger partial charge in [0.2, 0.25) is 5.91 Å². The van der Waals surface area contributed by atoms with Crippen molar-refractivity contribution in [2.75, 3.05) is 6.54 Å². The zero-order chi connectivity index (χ0) is 20.4. The summed E-state index contributed by atoms with van der Waals surface area (Å²) < 4.78 is 57.5. The van der Waals surface area contributed by atoms with Gasteiger partial charge in [-0.05, 0) is 51.3 Å². The molecule has 0 spiro atoms. The maximum atomic E-state index is 13.2. The van der Waals surface area contributed by atoms with Crippen LogP contribution in [0.3, 0.4) is 0 Å². The van der Waals surface area contributed by atoms with Gasteiger partial charge in [0.05, 0.1) is 5.56 Å². The predicted molar refractivity (Wildman–Crippen MR) is 89.2 cm³/mol. The third-order valence-electron chi connectivity index (χ3n) is 4.01. The van der Waals surface area contributed by atoms with E-state index in [1.807, 2.05) is 0 Å². The van der Waals surface area contributed by atoms with Crippen LogP contribution in [0.2, 0.25) is 0 Å². The van der Waals surface area contributed by atoms with Crippen LogP contribution in [0.15, 0.2) is 18.2 Å². The van der Waals surface area contributed by atoms with Crippen molar-refractivity contribution in [3.8, 4) is 0 Å². The van der Waals surface area contributed by atoms with Crippen LogP contribution in [0, 0.1) is 5.82 Å². The minimum atomic E-state index is -4.74. The van der Waals surface area contributed by atoms with E-state index in [1.165, 1.54) is 4.90 Å². The molecular formula is C18H22F4N2O3. The van der Waals surface area contributed by atoms with Gasteiger partial charge in [-0.15, -0.1) is 0 Å². The number of alkyl halides is 3. The van der Waals surface area contributed by atoms with Crippen molar-refractivity contribution in [1.82, 2.24) is 10.2 Å². The zero-order valence-electron chi connectivity index (χ0n) is 15.3. The third-order valence-corrected chi connectivity index (χ3v) is 4.01. The number of halogens is 4. The molecule has 1 saturated heterocycles. The highest BCUT2D eigenvalue weighted by Crippen LogP contribution is 2.32. The van der Waals surface area contributed by atoms with Crippen LogP contribution in [0.5, 0.6) is 0 Å². The van der Waals surface area contributed by atoms with Gasteiger partial charge >= 0.3 is 12.3 Å². The molecule has 1 N–H and O–H groups in total. The van der Waals surface area contributed by atoms with Crippen LogP contribution in [-0.2, 0) is 22.3 Å². The molecule has 2 amide bonds. The lowest BCUT2D eigenvalue weighted by molar-refractivity contribution is -0.138. The van der Waals surface area contributed by atoms with Crippen molar-refractivity contribution in [2.24, 2.45) is 0 Å². The Morgan fingerprint density at radius 2 is 1.93 bits per heavy atom. The van der Waals surface area contributed by atoms with Crippen LogP contribution in [-0.4, -0.2) is 35.1 Å². The number of amides is 2. The molecule has 150 valence electrons. The third kappa shape index (κ3) is 5.58. The molecule has 1 heterocycles. The molecule has 0 bridgehead atoms. The summed E-state index contributed by atoms with van der Waals surface area (Å²) in [6.45, 7) is 5.00. The second kappa shape index (κ2) is 7.74. The van der Waals surface area contributed by atoms with Crippen LogP contribution in [0.4, 0.5) is 22.4 Å². The molecule has 9 heteroatoms. The Hall–Kier alpha value is -2.32. The topological polar surface area (TPSA) is 58.6 Å². The summed E-state index contributed by atoms with van der Waals surface area (Å²) in [4.78, 5) is 25.9. The molecule has 1 aliphatic heterocycles. The van der Waals surface area contributed by atoms with Gasteiger partial charge in [0.1, 0.15) is 17.5 Å². The van der Waals surface area contributed by atoms with Gasteiger partial charge < -0.3 is 10.1 Å². The SMILES string of the molecule is CC(C)(C)OC(=O)N1CCC[C@H]1C(=O)NCc1ccc(F)cc1C(F)(F)F. The van der Waals surface area contributed by atoms with Gasteiger partial charge in [0, 0.05) is 13.1 Å². The lowest BCUT2D eigenvalue weighted by atomic mass is 10.1. The average molecular weight is 390 g/mol. The molecular weight excluding hydrogens is 368 g/mol. The Balaban J connectivity index is 2.06. The Labute approximate surface area is 154 Å². The Morgan fingerprint density at radius 3 is 2.52 bits per heavy atom. The van der Waals surface area contributed by atoms with Gasteiger partial charge in [0.15, 0.2) is 0 Å². The van der Waals surface area contributed by atoms with E-state index in [1.54, 1.807) is 20.8 Å². The number of nitrogens with zero attached hydrogens (tertiary/aromatic N) is 1. The molecule has 27 heavy (non-hydrogen) atoms. The molecule has 0 unspecified atom stereocenters. The van der Waals surface area contributed by atoms with E-state index in [4.69, 9.17) is 4.74 Å². The van der Waals surface area contributed by atoms with Crippen LogP contribution >= 0.6 is 0 Å². The molecule has 1 aromatic carbocycles. The summed E-state index contributed by atoms with van der Waals surface area (Å²) in [5, 5.41) is 2.41. The zero-order valence-corrected chi connectivity index (χ0v) is 15.3. The number of nitrogens with one attached hydrogen (secondary N) is 1. The summed E-state index contributed by atoms with van der Waals surface area (Å²) >= 11 is 0. The first kappa shape index (κ1) is 21.0. The number of rotatable bonds is 3. The molecule has 0 aromatic heterocycles. The molecule has 1 aliphatic rings. The maximum Gasteiger partial charge on any atom is 0.416 e. The monoisotopic (exact) mass is 390 g/mol. The first-order chi connectivity index (χ1) is 12.4. The molecule has 2 rings (SSSR count). The molecule has 0 aliphatic carbocycles. The highest BCUT2D eigenvalue weighted by molar-refractivity contribution is 5.86. The van der Waals surface area contributed by atoms with E-state index in [-0.39, 0.29) is 5.56 Å². The number of ether oxygens (including phenoxy) is 1. The fraction of sp³-hybridized carbons (Fsp3) is 0.556. The summed E-state index contributed by atoms with van der Waals surface area (Å²) in [7, 11) is 0. The summed E-state index contributed by atoms with van der Waals surface area (Å²) in [6.07, 6.45) is -4.40. The van der Waals surface area contributed by atoms with Gasteiger partial charge in [-0.3, -0.25) is 9.69 Å². The van der Waals surface area contributed by atoms with Crippen molar-refractivity contribution in [3.63, 3.8) is 0 Å². The number of carbonyl (C=O) groups excluding carboxylic acids is 2. The fourth-order valence-electron chi connectivity index (χ4n) is 2.85. The quantitative estimate of drug-likeness (QED) is 0.798. The van der Waals surface area contributed by atoms with E-state index >= 15 is 0 Å². The smallest absolute Gasteiger partial charge is 0.416 e. The van der Waals surface area contributed by atoms with E-state index < -0.39 is 47.7 Å². The standard InChI is InChI=1S/C18H22F4N2O3/c1-17(2,3)27-16(26)24-8-4-5-14(24)15(25)23-10-11-6-7-12(19)9-13(11)18(20,21)22/h6-7,9,14H,4-5,8,10H2,1-3H3,(H,23,25)/t14-/m0/s1. The molecule has 1 atom stereocenters. The Morgan fingerprint density at radius 1 is 1.26 bits per heavy atom. The minimum Gasteiger partial charge on any atom is -0.444 e. The first-order valence-electron chi connectivity index (χ1n) is 8.51. The highest BCUT2D eigenvalue weighted by Gasteiger charge is 2.37. The summed E-state index contributed by atoms with van der Waals surface area (Å²) in [5.74, 6) is -1.58. The van der Waals surface area contributed by atoms with E-state index in [0.29, 0.717) is 25.5 Å². The lowest BCUT2D eigenvalue weighted by Gasteiger charge is -2.28. The average Bonchev–Trinajstić information content (AvgIpc) is 3.00. The number of benzene rings is 1. The van der Waals surface area contributed by atoms with Gasteiger partial charge in [0.25, 0.3) is 0 Å². The first-order valence-corrected chi connectivity index (χ1v) is 8.51. The number of likely N-dealkylation sites (tertiary alicyclic amines) is 1. The fourth-order valence-corrected chi connectivity index (χ4v) is 2.85. The highest BCUT2D eigenvalue weighted by atomic mass is 19.4. The molecule has 1 aromatic rings. The Kier molecular flexibility index (Phi) is 6.01. The molecule has 1 fully saturated rings. The minimum absolute atomic E-state index is 0.251. The summed E-state index contributed by atoms with van der Waals surface area (Å²) in [5.41, 5.74) is -2.12. The van der Waals surface area contributed by atoms with Gasteiger partial charge in [-0.25, -0.2) is 9.18 Å². The second-order valence-electron chi connectivity index (χ2n) is 7.35. The number of hydrogen-bond acceptors (Lipinski definition) is 3. The van der Waals surface area contributed by atoms with E-state index in [0.717, 1.165) is 12.1 Å². The molecule has 0 saturated carbocycles. The number of carbonyl (C=O) groups is 2. The van der Waals surface area contributed by atoms with Crippen molar-refractivity contribution >= 4 is 12.0 Å². The molecule has 5 nitrogen and oxygen atoms in total. The van der Waals surface area contributed by atoms with Crippen molar-refractivity contribution in [2.45, 2.75) is 58.0 Å². The molecule has 0 radical (unpaired) electrons. The van der Waals surface area contributed by atoms with Crippen molar-refractivity contribution in [3.05, 3.63) is 35.1 Å². The number of hydrogen-bond donors (Lipinski definition) is 1. The predicted octanol–water partition coefficient (Wildman–Crippen LogP) is 3.86. The van der Waals surface area contributed by atoms with Crippen molar-refractivity contribution < 1.29 is 31.9 Å². The van der Waals surface area contributed by atoms with Gasteiger partial charge in [-0.1, -0.05) is 6.07 Å². The van der Waals surface area contributed by atoms with Crippen LogP contribution < -0.4 is 5.32 Å². The largest absolute Gasteiger partial charge is 0.444 e. The maximum absolute atomic E-state index is 13.2. The van der Waals surface area contributed by atoms with Crippen LogP contribution in [0.25, 0.3) is 0 Å². The Bertz CT molecular complexity index is 714. The van der Waals surface area contributed by atoms with Crippen molar-refractivity contribution in [1.29, 1.82) is 0 Å². The van der Waals surface area contributed by atoms with Gasteiger partial charge in [-0.2, -0.15) is 13.2 Å². The normalized spacial score (nSPS) is 17.7. The summed E-state index contributed by atoms with van der Waals surface area (Å²) in [6, 6.07) is 1.47. The second-order valence-corrected chi connectivity index (χ2v) is 7.35. The van der Waals surface area contributed by atoms with Crippen LogP contribution in [0.1, 0.15) is 44.7 Å². The van der Waals surface area contributed by atoms with E-state index in [2.05, 4.69) is 5.32 Å².